The third kappa shape index (κ3) is 2.82. The molecule has 0 aliphatic heterocycles. The Morgan fingerprint density at radius 3 is 2.88 bits per heavy atom. The number of H-pyrrole nitrogens is 1. The van der Waals surface area contributed by atoms with E-state index in [-0.39, 0.29) is 11.9 Å². The van der Waals surface area contributed by atoms with Crippen molar-refractivity contribution in [3.63, 3.8) is 0 Å². The summed E-state index contributed by atoms with van der Waals surface area (Å²) >= 11 is 0. The van der Waals surface area contributed by atoms with Gasteiger partial charge in [-0.1, -0.05) is 20.3 Å². The van der Waals surface area contributed by atoms with Crippen LogP contribution < -0.4 is 11.5 Å². The van der Waals surface area contributed by atoms with Crippen molar-refractivity contribution in [1.29, 1.82) is 0 Å². The van der Waals surface area contributed by atoms with Crippen LogP contribution in [0.4, 0.5) is 0 Å². The van der Waals surface area contributed by atoms with Gasteiger partial charge in [0.1, 0.15) is 5.66 Å². The Bertz CT molecular complexity index is 748. The van der Waals surface area contributed by atoms with Gasteiger partial charge in [0.25, 0.3) is 0 Å². The summed E-state index contributed by atoms with van der Waals surface area (Å²) < 4.78 is 5.31. The normalized spacial score (nSPS) is 19.2. The van der Waals surface area contributed by atoms with Gasteiger partial charge in [-0.3, -0.25) is 0 Å². The van der Waals surface area contributed by atoms with Gasteiger partial charge in [0.15, 0.2) is 0 Å². The maximum atomic E-state index is 12.2. The predicted molar refractivity (Wildman–Crippen MR) is 95.6 cm³/mol. The lowest BCUT2D eigenvalue weighted by Crippen LogP contribution is -2.54. The quantitative estimate of drug-likeness (QED) is 0.446. The highest BCUT2D eigenvalue weighted by molar-refractivity contribution is 5.96. The van der Waals surface area contributed by atoms with Gasteiger partial charge in [0, 0.05) is 10.9 Å². The van der Waals surface area contributed by atoms with Crippen LogP contribution in [0.25, 0.3) is 10.9 Å². The average Bonchev–Trinajstić information content (AvgIpc) is 2.94. The highest BCUT2D eigenvalue weighted by Gasteiger charge is 2.39. The van der Waals surface area contributed by atoms with E-state index >= 15 is 0 Å². The molecule has 0 fully saturated rings. The standard InChI is InChI=1S/C19H27N3O2/c1-3-5-10-24-18(23)12-6-9-16-15(11-12)14-8-7-13(4-2)19(20,21)17(14)22-16/h6,9,11,13,22H,3-5,7-8,10,20-21H2,1-2H3. The Morgan fingerprint density at radius 1 is 1.38 bits per heavy atom. The molecule has 1 aromatic carbocycles. The van der Waals surface area contributed by atoms with Gasteiger partial charge in [-0.05, 0) is 55.4 Å². The molecular weight excluding hydrogens is 302 g/mol. The van der Waals surface area contributed by atoms with E-state index in [2.05, 4.69) is 18.8 Å². The zero-order chi connectivity index (χ0) is 17.3. The van der Waals surface area contributed by atoms with Gasteiger partial charge in [0.05, 0.1) is 17.9 Å². The second-order valence-corrected chi connectivity index (χ2v) is 6.81. The minimum Gasteiger partial charge on any atom is -0.462 e. The topological polar surface area (TPSA) is 94.1 Å². The highest BCUT2D eigenvalue weighted by atomic mass is 16.5. The van der Waals surface area contributed by atoms with Gasteiger partial charge >= 0.3 is 5.97 Å². The molecule has 5 nitrogen and oxygen atoms in total. The van der Waals surface area contributed by atoms with Crippen molar-refractivity contribution in [2.75, 3.05) is 6.61 Å². The van der Waals surface area contributed by atoms with Crippen LogP contribution in [-0.2, 0) is 16.8 Å². The molecule has 0 saturated carbocycles. The summed E-state index contributed by atoms with van der Waals surface area (Å²) in [5.74, 6) is -0.00848. The van der Waals surface area contributed by atoms with Crippen LogP contribution >= 0.6 is 0 Å². The van der Waals surface area contributed by atoms with Gasteiger partial charge in [0.2, 0.25) is 0 Å². The second kappa shape index (κ2) is 6.57. The first-order chi connectivity index (χ1) is 11.5. The monoisotopic (exact) mass is 329 g/mol. The molecule has 5 heteroatoms. The zero-order valence-corrected chi connectivity index (χ0v) is 14.5. The van der Waals surface area contributed by atoms with Gasteiger partial charge < -0.3 is 21.2 Å². The fraction of sp³-hybridized carbons (Fsp3) is 0.526. The van der Waals surface area contributed by atoms with Crippen molar-refractivity contribution in [3.8, 4) is 0 Å². The molecule has 130 valence electrons. The first-order valence-electron chi connectivity index (χ1n) is 8.89. The molecule has 1 aromatic heterocycles. The molecule has 0 bridgehead atoms. The van der Waals surface area contributed by atoms with Gasteiger partial charge in [-0.2, -0.15) is 0 Å². The number of aryl methyl sites for hydroxylation is 1. The summed E-state index contributed by atoms with van der Waals surface area (Å²) in [4.78, 5) is 15.6. The number of benzene rings is 1. The van der Waals surface area contributed by atoms with Crippen LogP contribution in [0.5, 0.6) is 0 Å². The summed E-state index contributed by atoms with van der Waals surface area (Å²) in [6, 6.07) is 5.62. The van der Waals surface area contributed by atoms with Crippen molar-refractivity contribution in [2.24, 2.45) is 17.4 Å². The molecule has 5 N–H and O–H groups in total. The van der Waals surface area contributed by atoms with E-state index in [0.717, 1.165) is 54.3 Å². The molecule has 1 atom stereocenters. The number of hydrogen-bond acceptors (Lipinski definition) is 4. The Balaban J connectivity index is 1.96. The first kappa shape index (κ1) is 17.0. The summed E-state index contributed by atoms with van der Waals surface area (Å²) in [6.07, 6.45) is 4.74. The second-order valence-electron chi connectivity index (χ2n) is 6.81. The zero-order valence-electron chi connectivity index (χ0n) is 14.5. The molecular formula is C19H27N3O2. The SMILES string of the molecule is CCCCOC(=O)c1ccc2[nH]c3c(c2c1)CCC(CC)C3(N)N. The largest absolute Gasteiger partial charge is 0.462 e. The van der Waals surface area contributed by atoms with Crippen LogP contribution in [0.3, 0.4) is 0 Å². The van der Waals surface area contributed by atoms with Crippen molar-refractivity contribution < 1.29 is 9.53 Å². The minimum absolute atomic E-state index is 0.261. The van der Waals surface area contributed by atoms with Crippen LogP contribution in [0.15, 0.2) is 18.2 Å². The van der Waals surface area contributed by atoms with Gasteiger partial charge in [-0.15, -0.1) is 0 Å². The van der Waals surface area contributed by atoms with Crippen LogP contribution in [-0.4, -0.2) is 17.6 Å². The summed E-state index contributed by atoms with van der Waals surface area (Å²) in [7, 11) is 0. The number of unbranched alkanes of at least 4 members (excludes halogenated alkanes) is 1. The number of esters is 1. The number of ether oxygens (including phenoxy) is 1. The third-order valence-corrected chi connectivity index (χ3v) is 5.22. The fourth-order valence-electron chi connectivity index (χ4n) is 3.70. The molecule has 3 rings (SSSR count). The van der Waals surface area contributed by atoms with Crippen LogP contribution in [0, 0.1) is 5.92 Å². The van der Waals surface area contributed by atoms with E-state index in [4.69, 9.17) is 16.2 Å². The molecule has 1 aliphatic rings. The fourth-order valence-corrected chi connectivity index (χ4v) is 3.70. The molecule has 24 heavy (non-hydrogen) atoms. The molecule has 2 aromatic rings. The number of nitrogens with one attached hydrogen (secondary N) is 1. The number of aromatic nitrogens is 1. The first-order valence-corrected chi connectivity index (χ1v) is 8.89. The van der Waals surface area contributed by atoms with E-state index in [1.807, 2.05) is 12.1 Å². The number of aromatic amines is 1. The molecule has 0 spiro atoms. The van der Waals surface area contributed by atoms with E-state index in [9.17, 15) is 4.79 Å². The number of rotatable bonds is 5. The molecule has 0 amide bonds. The molecule has 1 aliphatic carbocycles. The van der Waals surface area contributed by atoms with E-state index in [0.29, 0.717) is 12.2 Å². The molecule has 1 heterocycles. The number of nitrogens with two attached hydrogens (primary N) is 2. The van der Waals surface area contributed by atoms with Crippen molar-refractivity contribution >= 4 is 16.9 Å². The lowest BCUT2D eigenvalue weighted by molar-refractivity contribution is 0.0500. The maximum absolute atomic E-state index is 12.2. The van der Waals surface area contributed by atoms with Crippen molar-refractivity contribution in [2.45, 2.75) is 51.6 Å². The highest BCUT2D eigenvalue weighted by Crippen LogP contribution is 2.39. The number of carbonyl (C=O) groups is 1. The Morgan fingerprint density at radius 2 is 2.17 bits per heavy atom. The number of hydrogen-bond donors (Lipinski definition) is 3. The average molecular weight is 329 g/mol. The maximum Gasteiger partial charge on any atom is 0.338 e. The van der Waals surface area contributed by atoms with Crippen LogP contribution in [0.2, 0.25) is 0 Å². The Hall–Kier alpha value is -1.85. The number of fused-ring (bicyclic) bond motifs is 3. The lowest BCUT2D eigenvalue weighted by atomic mass is 9.77. The summed E-state index contributed by atoms with van der Waals surface area (Å²) in [6.45, 7) is 4.66. The Kier molecular flexibility index (Phi) is 4.65. The predicted octanol–water partition coefficient (Wildman–Crippen LogP) is 3.17. The lowest BCUT2D eigenvalue weighted by Gasteiger charge is -2.37. The summed E-state index contributed by atoms with van der Waals surface area (Å²) in [5, 5.41) is 1.03. The van der Waals surface area contributed by atoms with E-state index < -0.39 is 5.66 Å². The number of carbonyl (C=O) groups excluding carboxylic acids is 1. The van der Waals surface area contributed by atoms with E-state index in [1.165, 1.54) is 0 Å². The van der Waals surface area contributed by atoms with Crippen molar-refractivity contribution in [1.82, 2.24) is 4.98 Å². The third-order valence-electron chi connectivity index (χ3n) is 5.22. The molecule has 0 saturated heterocycles. The Labute approximate surface area is 142 Å². The molecule has 1 unspecified atom stereocenters. The smallest absolute Gasteiger partial charge is 0.338 e. The van der Waals surface area contributed by atoms with Gasteiger partial charge in [-0.25, -0.2) is 4.79 Å². The van der Waals surface area contributed by atoms with E-state index in [1.54, 1.807) is 6.07 Å². The summed E-state index contributed by atoms with van der Waals surface area (Å²) in [5.41, 5.74) is 15.6. The van der Waals surface area contributed by atoms with Crippen LogP contribution in [0.1, 0.15) is 61.1 Å². The minimum atomic E-state index is -0.844. The van der Waals surface area contributed by atoms with Crippen molar-refractivity contribution in [3.05, 3.63) is 35.0 Å². The molecule has 0 radical (unpaired) electrons.